The predicted octanol–water partition coefficient (Wildman–Crippen LogP) is 4.56. The lowest BCUT2D eigenvalue weighted by molar-refractivity contribution is 0.127. The first-order chi connectivity index (χ1) is 17.3. The maximum atomic E-state index is 13.3. The zero-order valence-electron chi connectivity index (χ0n) is 20.6. The molecular weight excluding hydrogens is 471 g/mol. The van der Waals surface area contributed by atoms with Gasteiger partial charge in [-0.15, -0.1) is 5.10 Å². The summed E-state index contributed by atoms with van der Waals surface area (Å²) in [5.41, 5.74) is 3.66. The fourth-order valence-electron chi connectivity index (χ4n) is 5.01. The summed E-state index contributed by atoms with van der Waals surface area (Å²) in [6, 6.07) is 7.71. The van der Waals surface area contributed by atoms with E-state index in [0.717, 1.165) is 37.1 Å². The number of aryl methyl sites for hydroxylation is 1. The molecule has 5 rings (SSSR count). The third-order valence-corrected chi connectivity index (χ3v) is 6.67. The minimum atomic E-state index is -2.47. The minimum absolute atomic E-state index is 0.189. The average Bonchev–Trinajstić information content (AvgIpc) is 3.40. The molecule has 1 unspecified atom stereocenters. The molecule has 0 radical (unpaired) electrons. The molecular formula is C25H30F3N7O. The van der Waals surface area contributed by atoms with Crippen LogP contribution in [0.5, 0.6) is 5.88 Å². The summed E-state index contributed by atoms with van der Waals surface area (Å²) in [5.74, 6) is 1.42. The molecule has 1 aromatic carbocycles. The Morgan fingerprint density at radius 2 is 1.89 bits per heavy atom. The normalized spacial score (nSPS) is 16.3. The number of rotatable bonds is 8. The molecule has 4 aromatic rings. The van der Waals surface area contributed by atoms with Crippen molar-refractivity contribution >= 4 is 22.5 Å². The zero-order chi connectivity index (χ0) is 25.4. The van der Waals surface area contributed by atoms with Crippen molar-refractivity contribution in [1.29, 1.82) is 0 Å². The summed E-state index contributed by atoms with van der Waals surface area (Å²) in [5, 5.41) is 8.04. The van der Waals surface area contributed by atoms with E-state index in [1.165, 1.54) is 4.57 Å². The number of methoxy groups -OCH3 is 1. The summed E-state index contributed by atoms with van der Waals surface area (Å²) >= 11 is 0. The van der Waals surface area contributed by atoms with Crippen molar-refractivity contribution < 1.29 is 17.9 Å². The molecule has 1 aliphatic heterocycles. The number of halogens is 3. The number of alkyl halides is 3. The fraction of sp³-hybridized carbons (Fsp3) is 0.480. The van der Waals surface area contributed by atoms with Gasteiger partial charge in [-0.25, -0.2) is 22.7 Å². The molecule has 0 bridgehead atoms. The Morgan fingerprint density at radius 3 is 2.58 bits per heavy atom. The number of piperidine rings is 1. The molecule has 8 nitrogen and oxygen atoms in total. The molecule has 1 saturated heterocycles. The van der Waals surface area contributed by atoms with Gasteiger partial charge in [0.1, 0.15) is 17.5 Å². The Labute approximate surface area is 207 Å². The summed E-state index contributed by atoms with van der Waals surface area (Å²) in [6.45, 7) is 5.01. The summed E-state index contributed by atoms with van der Waals surface area (Å²) in [4.78, 5) is 11.2. The monoisotopic (exact) mass is 501 g/mol. The van der Waals surface area contributed by atoms with Gasteiger partial charge in [-0.2, -0.15) is 4.98 Å². The number of hydrogen-bond donors (Lipinski definition) is 1. The van der Waals surface area contributed by atoms with Crippen LogP contribution in [0, 0.1) is 6.92 Å². The summed E-state index contributed by atoms with van der Waals surface area (Å²) in [7, 11) is 1.56. The second kappa shape index (κ2) is 9.96. The van der Waals surface area contributed by atoms with Crippen molar-refractivity contribution in [2.45, 2.75) is 51.9 Å². The van der Waals surface area contributed by atoms with E-state index in [9.17, 15) is 13.2 Å². The van der Waals surface area contributed by atoms with Crippen molar-refractivity contribution in [3.8, 4) is 17.0 Å². The van der Waals surface area contributed by atoms with Gasteiger partial charge in [0, 0.05) is 37.4 Å². The van der Waals surface area contributed by atoms with Crippen LogP contribution in [-0.4, -0.2) is 74.4 Å². The Hall–Kier alpha value is -3.34. The van der Waals surface area contributed by atoms with E-state index < -0.39 is 19.1 Å². The molecule has 192 valence electrons. The van der Waals surface area contributed by atoms with Gasteiger partial charge in [0.15, 0.2) is 0 Å². The lowest BCUT2D eigenvalue weighted by Crippen LogP contribution is -2.41. The number of nitrogens with zero attached hydrogens (tertiary/aromatic N) is 6. The second-order valence-electron chi connectivity index (χ2n) is 9.33. The molecule has 0 spiro atoms. The number of hydrogen-bond acceptors (Lipinski definition) is 6. The number of benzene rings is 1. The van der Waals surface area contributed by atoms with Crippen molar-refractivity contribution in [2.24, 2.45) is 0 Å². The molecule has 0 amide bonds. The van der Waals surface area contributed by atoms with Gasteiger partial charge in [-0.05, 0) is 50.5 Å². The first-order valence-corrected chi connectivity index (χ1v) is 12.1. The van der Waals surface area contributed by atoms with E-state index in [4.69, 9.17) is 4.74 Å². The lowest BCUT2D eigenvalue weighted by atomic mass is 10.1. The van der Waals surface area contributed by atoms with Crippen molar-refractivity contribution in [3.63, 3.8) is 0 Å². The minimum Gasteiger partial charge on any atom is -0.479 e. The molecule has 0 saturated carbocycles. The van der Waals surface area contributed by atoms with Crippen LogP contribution in [0.3, 0.4) is 0 Å². The van der Waals surface area contributed by atoms with Gasteiger partial charge < -0.3 is 19.5 Å². The van der Waals surface area contributed by atoms with E-state index in [2.05, 4.69) is 25.3 Å². The van der Waals surface area contributed by atoms with Crippen LogP contribution in [0.4, 0.5) is 19.1 Å². The van der Waals surface area contributed by atoms with Crippen molar-refractivity contribution in [2.75, 3.05) is 32.1 Å². The van der Waals surface area contributed by atoms with E-state index >= 15 is 0 Å². The average molecular weight is 502 g/mol. The van der Waals surface area contributed by atoms with E-state index in [-0.39, 0.29) is 6.04 Å². The van der Waals surface area contributed by atoms with Crippen molar-refractivity contribution in [1.82, 2.24) is 29.0 Å². The maximum Gasteiger partial charge on any atom is 0.256 e. The number of aromatic nitrogens is 5. The number of likely N-dealkylation sites (tertiary alicyclic amines) is 1. The van der Waals surface area contributed by atoms with Crippen LogP contribution in [0.15, 0.2) is 30.5 Å². The van der Waals surface area contributed by atoms with E-state index in [1.807, 2.05) is 30.5 Å². The highest BCUT2D eigenvalue weighted by Gasteiger charge is 2.23. The smallest absolute Gasteiger partial charge is 0.256 e. The highest BCUT2D eigenvalue weighted by atomic mass is 19.3. The van der Waals surface area contributed by atoms with Crippen LogP contribution < -0.4 is 10.1 Å². The van der Waals surface area contributed by atoms with Crippen LogP contribution in [0.1, 0.15) is 25.6 Å². The maximum absolute atomic E-state index is 13.3. The number of nitrogens with one attached hydrogen (secondary N) is 1. The molecule has 11 heteroatoms. The van der Waals surface area contributed by atoms with Gasteiger partial charge in [-0.1, -0.05) is 6.07 Å². The fourth-order valence-corrected chi connectivity index (χ4v) is 5.01. The first-order valence-electron chi connectivity index (χ1n) is 12.1. The van der Waals surface area contributed by atoms with Gasteiger partial charge in [0.25, 0.3) is 6.43 Å². The topological polar surface area (TPSA) is 72.5 Å². The molecule has 0 aliphatic carbocycles. The van der Waals surface area contributed by atoms with Crippen molar-refractivity contribution in [3.05, 3.63) is 36.3 Å². The number of anilines is 1. The number of ether oxygens (including phenoxy) is 1. The van der Waals surface area contributed by atoms with Crippen LogP contribution in [0.2, 0.25) is 0 Å². The Bertz CT molecular complexity index is 1360. The molecule has 4 heterocycles. The Kier molecular flexibility index (Phi) is 6.74. The predicted molar refractivity (Wildman–Crippen MR) is 133 cm³/mol. The van der Waals surface area contributed by atoms with Crippen LogP contribution in [0.25, 0.3) is 27.7 Å². The van der Waals surface area contributed by atoms with Gasteiger partial charge >= 0.3 is 0 Å². The highest BCUT2D eigenvalue weighted by molar-refractivity contribution is 5.89. The third-order valence-electron chi connectivity index (χ3n) is 6.67. The molecule has 1 fully saturated rings. The third kappa shape index (κ3) is 4.84. The molecule has 36 heavy (non-hydrogen) atoms. The van der Waals surface area contributed by atoms with Crippen LogP contribution >= 0.6 is 0 Å². The highest BCUT2D eigenvalue weighted by Crippen LogP contribution is 2.33. The largest absolute Gasteiger partial charge is 0.479 e. The quantitative estimate of drug-likeness (QED) is 0.382. The molecule has 1 aliphatic rings. The van der Waals surface area contributed by atoms with Gasteiger partial charge in [0.2, 0.25) is 11.8 Å². The molecule has 1 N–H and O–H groups in total. The summed E-state index contributed by atoms with van der Waals surface area (Å²) < 4.78 is 48.5. The first kappa shape index (κ1) is 24.4. The second-order valence-corrected chi connectivity index (χ2v) is 9.33. The van der Waals surface area contributed by atoms with E-state index in [0.29, 0.717) is 40.7 Å². The SMILES string of the molecule is COc1nc(NC2CCN(CC(C)F)CC2)nn2ccc(-c3ccc4nc(C)n(CC(F)F)c4c3)c12. The van der Waals surface area contributed by atoms with E-state index in [1.54, 1.807) is 25.5 Å². The molecule has 3 aromatic heterocycles. The van der Waals surface area contributed by atoms with Gasteiger partial charge in [0.05, 0.1) is 24.7 Å². The number of imidazole rings is 1. The van der Waals surface area contributed by atoms with Crippen LogP contribution in [-0.2, 0) is 6.54 Å². The van der Waals surface area contributed by atoms with Gasteiger partial charge in [-0.3, -0.25) is 0 Å². The Balaban J connectivity index is 1.43. The Morgan fingerprint density at radius 1 is 1.11 bits per heavy atom. The molecule has 1 atom stereocenters. The lowest BCUT2D eigenvalue weighted by Gasteiger charge is -2.32. The summed E-state index contributed by atoms with van der Waals surface area (Å²) in [6.07, 6.45) is 0.274. The standard InChI is InChI=1S/C25H30F3N7O/c1-15(26)13-33-9-6-18(7-10-33)30-25-31-24(36-3)23-19(8-11-35(23)32-25)17-4-5-20-21(12-17)34(14-22(27)28)16(2)29-20/h4-5,8,11-12,15,18,22H,6-7,9-10,13-14H2,1-3H3,(H,30,32). The number of fused-ring (bicyclic) bond motifs is 2. The zero-order valence-corrected chi connectivity index (χ0v) is 20.6.